The monoisotopic (exact) mass is 343 g/mol. The molecule has 0 N–H and O–H groups in total. The van der Waals surface area contributed by atoms with Gasteiger partial charge in [-0.2, -0.15) is 0 Å². The smallest absolute Gasteiger partial charge is 0.138 e. The molecule has 4 heteroatoms. The topological polar surface area (TPSA) is 22.1 Å². The van der Waals surface area contributed by atoms with Crippen molar-refractivity contribution in [1.82, 2.24) is 4.98 Å². The van der Waals surface area contributed by atoms with Crippen LogP contribution in [0.25, 0.3) is 0 Å². The highest BCUT2D eigenvalue weighted by molar-refractivity contribution is 9.10. The Morgan fingerprint density at radius 2 is 2.16 bits per heavy atom. The molecule has 1 aromatic rings. The number of nitrogens with zero attached hydrogens (tertiary/aromatic N) is 1. The van der Waals surface area contributed by atoms with E-state index in [0.717, 1.165) is 22.6 Å². The normalized spacial score (nSPS) is 35.6. The van der Waals surface area contributed by atoms with E-state index in [1.54, 1.807) is 12.3 Å². The molecule has 1 heterocycles. The van der Waals surface area contributed by atoms with Crippen molar-refractivity contribution >= 4 is 27.5 Å². The minimum Gasteiger partial charge on any atom is -0.488 e. The van der Waals surface area contributed by atoms with Gasteiger partial charge in [0.15, 0.2) is 0 Å². The van der Waals surface area contributed by atoms with Crippen LogP contribution in [0.5, 0.6) is 5.75 Å². The lowest BCUT2D eigenvalue weighted by Gasteiger charge is -2.39. The van der Waals surface area contributed by atoms with Crippen LogP contribution < -0.4 is 4.74 Å². The van der Waals surface area contributed by atoms with E-state index in [9.17, 15) is 0 Å². The highest BCUT2D eigenvalue weighted by Gasteiger charge is 2.62. The third kappa shape index (κ3) is 1.92. The van der Waals surface area contributed by atoms with Crippen LogP contribution in [0.1, 0.15) is 40.0 Å². The maximum absolute atomic E-state index is 6.29. The first-order valence-electron chi connectivity index (χ1n) is 6.82. The zero-order chi connectivity index (χ0) is 13.8. The first-order chi connectivity index (χ1) is 8.84. The van der Waals surface area contributed by atoms with Gasteiger partial charge in [0.25, 0.3) is 0 Å². The third-order valence-corrected chi connectivity index (χ3v) is 6.57. The fraction of sp³-hybridized carbons (Fsp3) is 0.667. The van der Waals surface area contributed by atoms with Gasteiger partial charge in [-0.05, 0) is 46.5 Å². The van der Waals surface area contributed by atoms with Crippen molar-refractivity contribution in [2.24, 2.45) is 16.7 Å². The Balaban J connectivity index is 1.88. The standard InChI is InChI=1S/C15H19BrClNO/c1-14(2)9-4-5-15(14,3)12(6-9)19-11-7-13(17)18-8-10(11)16/h7-9,12H,4-6H2,1-3H3/t9?,12-,15-/m1/s1. The third-order valence-electron chi connectivity index (χ3n) is 5.77. The molecule has 2 bridgehead atoms. The Kier molecular flexibility index (Phi) is 3.14. The molecule has 2 saturated carbocycles. The van der Waals surface area contributed by atoms with Gasteiger partial charge in [0, 0.05) is 17.7 Å². The number of fused-ring (bicyclic) bond motifs is 2. The molecule has 3 rings (SSSR count). The fourth-order valence-corrected chi connectivity index (χ4v) is 4.41. The predicted octanol–water partition coefficient (Wildman–Crippen LogP) is 5.09. The number of aromatic nitrogens is 1. The van der Waals surface area contributed by atoms with Crippen LogP contribution in [-0.4, -0.2) is 11.1 Å². The van der Waals surface area contributed by atoms with Crippen molar-refractivity contribution < 1.29 is 4.74 Å². The van der Waals surface area contributed by atoms with Gasteiger partial charge >= 0.3 is 0 Å². The second-order valence-corrected chi connectivity index (χ2v) is 7.90. The van der Waals surface area contributed by atoms with Crippen LogP contribution >= 0.6 is 27.5 Å². The highest BCUT2D eigenvalue weighted by Crippen LogP contribution is 2.66. The Morgan fingerprint density at radius 3 is 2.74 bits per heavy atom. The van der Waals surface area contributed by atoms with E-state index in [-0.39, 0.29) is 11.5 Å². The lowest BCUT2D eigenvalue weighted by molar-refractivity contribution is 0.0296. The fourth-order valence-electron chi connectivity index (χ4n) is 3.95. The number of halogens is 2. The van der Waals surface area contributed by atoms with Crippen molar-refractivity contribution in [2.45, 2.75) is 46.1 Å². The largest absolute Gasteiger partial charge is 0.488 e. The first-order valence-corrected chi connectivity index (χ1v) is 7.99. The van der Waals surface area contributed by atoms with Crippen molar-refractivity contribution in [3.8, 4) is 5.75 Å². The van der Waals surface area contributed by atoms with Crippen molar-refractivity contribution in [3.63, 3.8) is 0 Å². The van der Waals surface area contributed by atoms with E-state index in [4.69, 9.17) is 16.3 Å². The van der Waals surface area contributed by atoms with Gasteiger partial charge in [-0.1, -0.05) is 32.4 Å². The van der Waals surface area contributed by atoms with Gasteiger partial charge in [-0.3, -0.25) is 0 Å². The van der Waals surface area contributed by atoms with Gasteiger partial charge in [0.1, 0.15) is 17.0 Å². The summed E-state index contributed by atoms with van der Waals surface area (Å²) in [5.41, 5.74) is 0.619. The van der Waals surface area contributed by atoms with Gasteiger partial charge < -0.3 is 4.74 Å². The molecule has 0 spiro atoms. The van der Waals surface area contributed by atoms with Crippen molar-refractivity contribution in [1.29, 1.82) is 0 Å². The Hall–Kier alpha value is -0.280. The van der Waals surface area contributed by atoms with Gasteiger partial charge in [0.05, 0.1) is 4.47 Å². The molecule has 0 saturated heterocycles. The lowest BCUT2D eigenvalue weighted by Crippen LogP contribution is -2.38. The van der Waals surface area contributed by atoms with E-state index in [1.165, 1.54) is 12.8 Å². The van der Waals surface area contributed by atoms with Crippen LogP contribution in [0, 0.1) is 16.7 Å². The zero-order valence-electron chi connectivity index (χ0n) is 11.5. The van der Waals surface area contributed by atoms with Crippen LogP contribution in [0.4, 0.5) is 0 Å². The summed E-state index contributed by atoms with van der Waals surface area (Å²) in [5, 5.41) is 0.478. The van der Waals surface area contributed by atoms with Crippen LogP contribution in [0.15, 0.2) is 16.7 Å². The molecule has 0 radical (unpaired) electrons. The maximum atomic E-state index is 6.29. The SMILES string of the molecule is CC1(C)C2CC[C@]1(C)[C@H](Oc1cc(Cl)ncc1Br)C2. The summed E-state index contributed by atoms with van der Waals surface area (Å²) in [6.07, 6.45) is 5.72. The van der Waals surface area contributed by atoms with E-state index in [1.807, 2.05) is 0 Å². The Morgan fingerprint density at radius 1 is 1.42 bits per heavy atom. The predicted molar refractivity (Wildman–Crippen MR) is 80.6 cm³/mol. The van der Waals surface area contributed by atoms with Gasteiger partial charge in [0.2, 0.25) is 0 Å². The molecule has 0 aromatic carbocycles. The van der Waals surface area contributed by atoms with Gasteiger partial charge in [-0.25, -0.2) is 4.98 Å². The maximum Gasteiger partial charge on any atom is 0.138 e. The molecule has 1 aromatic heterocycles. The molecule has 0 amide bonds. The lowest BCUT2D eigenvalue weighted by atomic mass is 9.70. The first kappa shape index (κ1) is 13.7. The molecule has 2 aliphatic carbocycles. The minimum atomic E-state index is 0.257. The highest BCUT2D eigenvalue weighted by atomic mass is 79.9. The number of hydrogen-bond donors (Lipinski definition) is 0. The molecular formula is C15H19BrClNO. The molecule has 2 aliphatic rings. The number of ether oxygens (including phenoxy) is 1. The number of pyridine rings is 1. The van der Waals surface area contributed by atoms with Crippen LogP contribution in [0.3, 0.4) is 0 Å². The van der Waals surface area contributed by atoms with Crippen molar-refractivity contribution in [2.75, 3.05) is 0 Å². The zero-order valence-corrected chi connectivity index (χ0v) is 13.9. The Labute approximate surface area is 128 Å². The summed E-state index contributed by atoms with van der Waals surface area (Å²) >= 11 is 9.45. The summed E-state index contributed by atoms with van der Waals surface area (Å²) in [4.78, 5) is 4.05. The molecule has 2 nitrogen and oxygen atoms in total. The molecule has 0 aliphatic heterocycles. The van der Waals surface area contributed by atoms with E-state index >= 15 is 0 Å². The summed E-state index contributed by atoms with van der Waals surface area (Å²) in [6.45, 7) is 7.16. The van der Waals surface area contributed by atoms with Crippen LogP contribution in [0.2, 0.25) is 5.15 Å². The summed E-state index contributed by atoms with van der Waals surface area (Å²) in [6, 6.07) is 1.80. The minimum absolute atomic E-state index is 0.257. The summed E-state index contributed by atoms with van der Waals surface area (Å²) in [5.74, 6) is 1.59. The van der Waals surface area contributed by atoms with Crippen LogP contribution in [-0.2, 0) is 0 Å². The van der Waals surface area contributed by atoms with E-state index in [0.29, 0.717) is 10.6 Å². The summed E-state index contributed by atoms with van der Waals surface area (Å²) in [7, 11) is 0. The Bertz CT molecular complexity index is 519. The number of hydrogen-bond acceptors (Lipinski definition) is 2. The summed E-state index contributed by atoms with van der Waals surface area (Å²) < 4.78 is 7.16. The number of rotatable bonds is 2. The average Bonchev–Trinajstić information content (AvgIpc) is 2.67. The average molecular weight is 345 g/mol. The van der Waals surface area contributed by atoms with Gasteiger partial charge in [-0.15, -0.1) is 0 Å². The quantitative estimate of drug-likeness (QED) is 0.697. The van der Waals surface area contributed by atoms with Crippen molar-refractivity contribution in [3.05, 3.63) is 21.9 Å². The molecule has 104 valence electrons. The van der Waals surface area contributed by atoms with E-state index in [2.05, 4.69) is 41.7 Å². The molecule has 3 atom stereocenters. The van der Waals surface area contributed by atoms with E-state index < -0.39 is 0 Å². The molecule has 1 unspecified atom stereocenters. The molecule has 19 heavy (non-hydrogen) atoms. The molecule has 2 fully saturated rings. The second kappa shape index (κ2) is 4.36. The molecular weight excluding hydrogens is 326 g/mol. The second-order valence-electron chi connectivity index (χ2n) is 6.65.